The van der Waals surface area contributed by atoms with E-state index in [4.69, 9.17) is 10.2 Å². The van der Waals surface area contributed by atoms with Crippen LogP contribution in [0.3, 0.4) is 0 Å². The number of hydrogen-bond donors (Lipinski definition) is 1. The van der Waals surface area contributed by atoms with Gasteiger partial charge in [0.05, 0.1) is 12.6 Å². The Kier molecular flexibility index (Phi) is 6.44. The molecule has 2 aromatic heterocycles. The normalized spacial score (nSPS) is 13.1. The smallest absolute Gasteiger partial charge is 0.261 e. The van der Waals surface area contributed by atoms with Gasteiger partial charge in [0.25, 0.3) is 8.32 Å². The molecule has 4 rings (SSSR count). The summed E-state index contributed by atoms with van der Waals surface area (Å²) in [4.78, 5) is 4.42. The van der Waals surface area contributed by atoms with Crippen molar-refractivity contribution in [3.8, 4) is 11.5 Å². The summed E-state index contributed by atoms with van der Waals surface area (Å²) in [6.07, 6.45) is 1.74. The van der Waals surface area contributed by atoms with E-state index in [9.17, 15) is 0 Å². The van der Waals surface area contributed by atoms with Gasteiger partial charge in [-0.3, -0.25) is 0 Å². The molecular formula is C26H31N5OSi. The van der Waals surface area contributed by atoms with Crippen molar-refractivity contribution < 1.29 is 4.43 Å². The van der Waals surface area contributed by atoms with Crippen molar-refractivity contribution >= 4 is 24.5 Å². The van der Waals surface area contributed by atoms with Crippen LogP contribution in [0.4, 0.5) is 5.82 Å². The van der Waals surface area contributed by atoms with E-state index in [2.05, 4.69) is 104 Å². The molecule has 0 spiro atoms. The molecule has 0 aliphatic heterocycles. The van der Waals surface area contributed by atoms with Crippen LogP contribution < -0.4 is 16.1 Å². The number of nitrogens with two attached hydrogens (primary N) is 1. The highest BCUT2D eigenvalue weighted by molar-refractivity contribution is 6.99. The summed E-state index contributed by atoms with van der Waals surface area (Å²) in [5.41, 5.74) is 6.59. The summed E-state index contributed by atoms with van der Waals surface area (Å²) in [7, 11) is -2.62. The van der Waals surface area contributed by atoms with Crippen molar-refractivity contribution in [1.82, 2.24) is 19.7 Å². The van der Waals surface area contributed by atoms with Crippen LogP contribution in [-0.4, -0.2) is 34.7 Å². The van der Waals surface area contributed by atoms with Crippen molar-refractivity contribution in [2.24, 2.45) is 0 Å². The summed E-state index contributed by atoms with van der Waals surface area (Å²) in [5.74, 6) is 1.14. The summed E-state index contributed by atoms with van der Waals surface area (Å²) < 4.78 is 9.10. The number of rotatable bonds is 7. The number of pyridine rings is 1. The van der Waals surface area contributed by atoms with Gasteiger partial charge in [-0.15, -0.1) is 10.2 Å². The van der Waals surface area contributed by atoms with Crippen molar-refractivity contribution in [3.05, 3.63) is 85.2 Å². The van der Waals surface area contributed by atoms with Crippen LogP contribution in [0.2, 0.25) is 5.04 Å². The van der Waals surface area contributed by atoms with Gasteiger partial charge in [0.1, 0.15) is 17.8 Å². The fraction of sp³-hybridized carbons (Fsp3) is 0.269. The molecule has 2 N–H and O–H groups in total. The Morgan fingerprint density at radius 1 is 0.909 bits per heavy atom. The number of anilines is 1. The Morgan fingerprint density at radius 3 is 2.06 bits per heavy atom. The van der Waals surface area contributed by atoms with Gasteiger partial charge in [0.15, 0.2) is 5.82 Å². The van der Waals surface area contributed by atoms with Crippen LogP contribution in [0.5, 0.6) is 0 Å². The highest BCUT2D eigenvalue weighted by Crippen LogP contribution is 2.37. The Hall–Kier alpha value is -3.29. The third-order valence-electron chi connectivity index (χ3n) is 6.01. The van der Waals surface area contributed by atoms with E-state index >= 15 is 0 Å². The van der Waals surface area contributed by atoms with Crippen LogP contribution >= 0.6 is 0 Å². The third-order valence-corrected chi connectivity index (χ3v) is 11.0. The first kappa shape index (κ1) is 22.9. The molecule has 0 radical (unpaired) electrons. The summed E-state index contributed by atoms with van der Waals surface area (Å²) >= 11 is 0. The lowest BCUT2D eigenvalue weighted by Gasteiger charge is -2.43. The topological polar surface area (TPSA) is 78.8 Å². The molecule has 0 aliphatic carbocycles. The zero-order valence-electron chi connectivity index (χ0n) is 19.6. The minimum atomic E-state index is -2.62. The van der Waals surface area contributed by atoms with E-state index in [1.807, 2.05) is 16.7 Å². The van der Waals surface area contributed by atoms with Gasteiger partial charge in [-0.05, 0) is 34.5 Å². The first-order chi connectivity index (χ1) is 15.8. The number of benzene rings is 2. The largest absolute Gasteiger partial charge is 0.405 e. The van der Waals surface area contributed by atoms with Gasteiger partial charge in [-0.2, -0.15) is 0 Å². The first-order valence-corrected chi connectivity index (χ1v) is 13.1. The molecule has 2 heterocycles. The molecule has 6 nitrogen and oxygen atoms in total. The molecule has 0 aliphatic rings. The molecule has 4 aromatic rings. The van der Waals surface area contributed by atoms with Crippen LogP contribution in [-0.2, 0) is 4.43 Å². The van der Waals surface area contributed by atoms with E-state index in [0.29, 0.717) is 23.9 Å². The SMILES string of the molecule is C[C@H](CO[Si](c1ccccc1)(c1ccccc1)C(C)(C)C)n1cnnc1-c1cccc(N)n1. The quantitative estimate of drug-likeness (QED) is 0.424. The Morgan fingerprint density at radius 2 is 1.52 bits per heavy atom. The highest BCUT2D eigenvalue weighted by atomic mass is 28.4. The highest BCUT2D eigenvalue weighted by Gasteiger charge is 2.50. The second-order valence-corrected chi connectivity index (χ2v) is 13.6. The zero-order valence-corrected chi connectivity index (χ0v) is 20.6. The molecule has 0 bridgehead atoms. The van der Waals surface area contributed by atoms with Gasteiger partial charge in [-0.1, -0.05) is 87.5 Å². The van der Waals surface area contributed by atoms with Crippen molar-refractivity contribution in [3.63, 3.8) is 0 Å². The minimum Gasteiger partial charge on any atom is -0.405 e. The lowest BCUT2D eigenvalue weighted by atomic mass is 10.2. The lowest BCUT2D eigenvalue weighted by Crippen LogP contribution is -2.66. The summed E-state index contributed by atoms with van der Waals surface area (Å²) in [6.45, 7) is 9.48. The Bertz CT molecular complexity index is 1150. The molecule has 0 saturated heterocycles. The molecule has 0 saturated carbocycles. The average Bonchev–Trinajstić information content (AvgIpc) is 3.30. The molecule has 1 atom stereocenters. The molecule has 170 valence electrons. The molecule has 2 aromatic carbocycles. The summed E-state index contributed by atoms with van der Waals surface area (Å²) in [5, 5.41) is 10.9. The van der Waals surface area contributed by atoms with E-state index in [1.165, 1.54) is 10.4 Å². The van der Waals surface area contributed by atoms with E-state index in [0.717, 1.165) is 0 Å². The maximum absolute atomic E-state index is 7.08. The predicted molar refractivity (Wildman–Crippen MR) is 136 cm³/mol. The van der Waals surface area contributed by atoms with Crippen LogP contribution in [0.25, 0.3) is 11.5 Å². The van der Waals surface area contributed by atoms with E-state index in [1.54, 1.807) is 12.4 Å². The molecule has 7 heteroatoms. The maximum Gasteiger partial charge on any atom is 0.261 e. The molecular weight excluding hydrogens is 426 g/mol. The van der Waals surface area contributed by atoms with Gasteiger partial charge in [0.2, 0.25) is 0 Å². The number of nitrogen functional groups attached to an aromatic ring is 1. The van der Waals surface area contributed by atoms with Crippen molar-refractivity contribution in [2.75, 3.05) is 12.3 Å². The van der Waals surface area contributed by atoms with Gasteiger partial charge in [0, 0.05) is 0 Å². The predicted octanol–water partition coefficient (Wildman–Crippen LogP) is 4.06. The van der Waals surface area contributed by atoms with Crippen LogP contribution in [0.1, 0.15) is 33.7 Å². The molecule has 0 fully saturated rings. The zero-order chi connectivity index (χ0) is 23.5. The Balaban J connectivity index is 1.72. The monoisotopic (exact) mass is 457 g/mol. The molecule has 0 amide bonds. The van der Waals surface area contributed by atoms with Crippen molar-refractivity contribution in [2.45, 2.75) is 38.8 Å². The van der Waals surface area contributed by atoms with Crippen molar-refractivity contribution in [1.29, 1.82) is 0 Å². The maximum atomic E-state index is 7.08. The standard InChI is InChI=1S/C26H31N5OSi/c1-20(31-19-28-30-25(31)23-16-11-17-24(27)29-23)18-32-33(26(2,3)4,21-12-7-5-8-13-21)22-14-9-6-10-15-22/h5-17,19-20H,18H2,1-4H3,(H2,27,29)/t20-/m1/s1. The summed E-state index contributed by atoms with van der Waals surface area (Å²) in [6, 6.07) is 26.9. The molecule has 33 heavy (non-hydrogen) atoms. The van der Waals surface area contributed by atoms with Gasteiger partial charge < -0.3 is 14.7 Å². The Labute approximate surface area is 196 Å². The van der Waals surface area contributed by atoms with E-state index in [-0.39, 0.29) is 11.1 Å². The first-order valence-electron chi connectivity index (χ1n) is 11.2. The lowest BCUT2D eigenvalue weighted by molar-refractivity contribution is 0.246. The second kappa shape index (κ2) is 9.29. The number of nitrogens with zero attached hydrogens (tertiary/aromatic N) is 4. The minimum absolute atomic E-state index is 0.000111. The van der Waals surface area contributed by atoms with Gasteiger partial charge in [-0.25, -0.2) is 4.98 Å². The number of aromatic nitrogens is 4. The fourth-order valence-electron chi connectivity index (χ4n) is 4.41. The van der Waals surface area contributed by atoms with Gasteiger partial charge >= 0.3 is 0 Å². The molecule has 0 unspecified atom stereocenters. The third kappa shape index (κ3) is 4.47. The number of hydrogen-bond acceptors (Lipinski definition) is 5. The van der Waals surface area contributed by atoms with Crippen LogP contribution in [0.15, 0.2) is 85.2 Å². The average molecular weight is 458 g/mol. The van der Waals surface area contributed by atoms with E-state index < -0.39 is 8.32 Å². The second-order valence-electron chi connectivity index (χ2n) is 9.33. The fourth-order valence-corrected chi connectivity index (χ4v) is 9.06. The van der Waals surface area contributed by atoms with Crippen LogP contribution in [0, 0.1) is 0 Å².